The van der Waals surface area contributed by atoms with E-state index in [1.807, 2.05) is 12.1 Å². The van der Waals surface area contributed by atoms with Crippen molar-refractivity contribution < 1.29 is 4.79 Å². The molecule has 0 bridgehead atoms. The summed E-state index contributed by atoms with van der Waals surface area (Å²) in [7, 11) is 0. The summed E-state index contributed by atoms with van der Waals surface area (Å²) in [4.78, 5) is 14.1. The highest BCUT2D eigenvalue weighted by Gasteiger charge is 1.89. The quantitative estimate of drug-likeness (QED) is 0.464. The number of nitrogens with one attached hydrogen (secondary N) is 1. The van der Waals surface area contributed by atoms with Crippen molar-refractivity contribution >= 4 is 29.5 Å². The van der Waals surface area contributed by atoms with Crippen LogP contribution in [0.4, 0.5) is 5.69 Å². The van der Waals surface area contributed by atoms with Crippen molar-refractivity contribution in [2.75, 3.05) is 5.32 Å². The van der Waals surface area contributed by atoms with E-state index in [0.29, 0.717) is 5.02 Å². The molecule has 0 aliphatic heterocycles. The molecule has 15 heavy (non-hydrogen) atoms. The third-order valence-corrected chi connectivity index (χ3v) is 1.69. The maximum Gasteiger partial charge on any atom is 0.242 e. The summed E-state index contributed by atoms with van der Waals surface area (Å²) in [6.07, 6.45) is 3.90. The van der Waals surface area contributed by atoms with Gasteiger partial charge in [0.1, 0.15) is 0 Å². The maximum absolute atomic E-state index is 10.3. The standard InChI is InChI=1S/C10H10ClN3O/c11-8-2-1-3-9(6-8)14-7-13-5-4-10(12)15/h1-7H,(H2,12,15)(H,13,14)/b5-4-. The molecule has 0 saturated heterocycles. The van der Waals surface area contributed by atoms with Crippen molar-refractivity contribution in [3.63, 3.8) is 0 Å². The van der Waals surface area contributed by atoms with Crippen LogP contribution in [-0.4, -0.2) is 12.2 Å². The molecule has 0 radical (unpaired) electrons. The molecule has 3 N–H and O–H groups in total. The number of amides is 1. The number of carbonyl (C=O) groups excluding carboxylic acids is 1. The molecule has 0 spiro atoms. The zero-order valence-corrected chi connectivity index (χ0v) is 8.61. The number of hydrogen-bond donors (Lipinski definition) is 2. The topological polar surface area (TPSA) is 67.5 Å². The molecule has 1 aromatic carbocycles. The highest BCUT2D eigenvalue weighted by molar-refractivity contribution is 6.30. The van der Waals surface area contributed by atoms with Crippen LogP contribution in [0.15, 0.2) is 41.5 Å². The Morgan fingerprint density at radius 3 is 3.00 bits per heavy atom. The number of anilines is 1. The van der Waals surface area contributed by atoms with Gasteiger partial charge in [0.25, 0.3) is 0 Å². The van der Waals surface area contributed by atoms with Gasteiger partial charge >= 0.3 is 0 Å². The molecule has 0 heterocycles. The van der Waals surface area contributed by atoms with E-state index < -0.39 is 5.91 Å². The molecular weight excluding hydrogens is 214 g/mol. The summed E-state index contributed by atoms with van der Waals surface area (Å²) in [6, 6.07) is 7.19. The number of aliphatic imine (C=N–C) groups is 1. The van der Waals surface area contributed by atoms with E-state index in [4.69, 9.17) is 17.3 Å². The number of benzene rings is 1. The van der Waals surface area contributed by atoms with E-state index in [1.165, 1.54) is 12.5 Å². The zero-order valence-electron chi connectivity index (χ0n) is 7.85. The predicted molar refractivity (Wildman–Crippen MR) is 61.9 cm³/mol. The molecule has 0 aliphatic carbocycles. The first kappa shape index (κ1) is 11.3. The van der Waals surface area contributed by atoms with Crippen LogP contribution in [0.5, 0.6) is 0 Å². The Morgan fingerprint density at radius 1 is 1.53 bits per heavy atom. The third-order valence-electron chi connectivity index (χ3n) is 1.46. The second kappa shape index (κ2) is 5.82. The van der Waals surface area contributed by atoms with Crippen LogP contribution in [0, 0.1) is 0 Å². The molecule has 0 saturated carbocycles. The van der Waals surface area contributed by atoms with Crippen LogP contribution in [0.3, 0.4) is 0 Å². The highest BCUT2D eigenvalue weighted by atomic mass is 35.5. The molecule has 5 heteroatoms. The summed E-state index contributed by atoms with van der Waals surface area (Å²) >= 11 is 5.77. The molecule has 0 fully saturated rings. The summed E-state index contributed by atoms with van der Waals surface area (Å²) in [5, 5.41) is 3.52. The minimum Gasteiger partial charge on any atom is -0.366 e. The first-order chi connectivity index (χ1) is 7.18. The van der Waals surface area contributed by atoms with E-state index in [9.17, 15) is 4.79 Å². The van der Waals surface area contributed by atoms with Crippen molar-refractivity contribution in [3.8, 4) is 0 Å². The Morgan fingerprint density at radius 2 is 2.33 bits per heavy atom. The van der Waals surface area contributed by atoms with Gasteiger partial charge in [-0.05, 0) is 18.2 Å². The maximum atomic E-state index is 10.3. The van der Waals surface area contributed by atoms with Crippen molar-refractivity contribution in [2.45, 2.75) is 0 Å². The lowest BCUT2D eigenvalue weighted by Gasteiger charge is -1.98. The number of nitrogens with zero attached hydrogens (tertiary/aromatic N) is 1. The van der Waals surface area contributed by atoms with Crippen LogP contribution in [0.2, 0.25) is 5.02 Å². The van der Waals surface area contributed by atoms with Crippen molar-refractivity contribution in [2.24, 2.45) is 10.7 Å². The van der Waals surface area contributed by atoms with Gasteiger partial charge in [0.05, 0.1) is 6.34 Å². The van der Waals surface area contributed by atoms with Gasteiger partial charge in [-0.2, -0.15) is 0 Å². The van der Waals surface area contributed by atoms with Gasteiger partial charge in [0.2, 0.25) is 5.91 Å². The largest absolute Gasteiger partial charge is 0.366 e. The Labute approximate surface area is 92.5 Å². The fraction of sp³-hybridized carbons (Fsp3) is 0. The summed E-state index contributed by atoms with van der Waals surface area (Å²) in [6.45, 7) is 0. The smallest absolute Gasteiger partial charge is 0.242 e. The van der Waals surface area contributed by atoms with E-state index >= 15 is 0 Å². The van der Waals surface area contributed by atoms with Crippen molar-refractivity contribution in [1.29, 1.82) is 0 Å². The molecule has 78 valence electrons. The van der Waals surface area contributed by atoms with E-state index in [2.05, 4.69) is 10.3 Å². The lowest BCUT2D eigenvalue weighted by molar-refractivity contribution is -0.113. The summed E-state index contributed by atoms with van der Waals surface area (Å²) in [5.41, 5.74) is 5.69. The molecule has 1 rings (SSSR count). The number of hydrogen-bond acceptors (Lipinski definition) is 2. The number of nitrogens with two attached hydrogens (primary N) is 1. The van der Waals surface area contributed by atoms with Crippen molar-refractivity contribution in [1.82, 2.24) is 0 Å². The highest BCUT2D eigenvalue weighted by Crippen LogP contribution is 2.13. The van der Waals surface area contributed by atoms with Crippen LogP contribution >= 0.6 is 11.6 Å². The molecular formula is C10H10ClN3O. The van der Waals surface area contributed by atoms with Crippen LogP contribution in [-0.2, 0) is 4.79 Å². The Kier molecular flexibility index (Phi) is 4.37. The van der Waals surface area contributed by atoms with Crippen LogP contribution < -0.4 is 11.1 Å². The number of primary amides is 1. The second-order valence-electron chi connectivity index (χ2n) is 2.65. The van der Waals surface area contributed by atoms with Gasteiger partial charge < -0.3 is 11.1 Å². The van der Waals surface area contributed by atoms with Gasteiger partial charge in [0, 0.05) is 23.0 Å². The first-order valence-electron chi connectivity index (χ1n) is 4.18. The fourth-order valence-corrected chi connectivity index (χ4v) is 1.04. The Hall–Kier alpha value is -1.81. The zero-order chi connectivity index (χ0) is 11.1. The lowest BCUT2D eigenvalue weighted by atomic mass is 10.3. The first-order valence-corrected chi connectivity index (χ1v) is 4.56. The molecule has 1 aromatic rings. The SMILES string of the molecule is NC(=O)/C=C\N=CNc1cccc(Cl)c1. The van der Waals surface area contributed by atoms with Gasteiger partial charge in [-0.1, -0.05) is 17.7 Å². The third kappa shape index (κ3) is 4.83. The fourth-order valence-electron chi connectivity index (χ4n) is 0.850. The van der Waals surface area contributed by atoms with E-state index in [0.717, 1.165) is 11.8 Å². The molecule has 0 aliphatic rings. The molecule has 0 aromatic heterocycles. The second-order valence-corrected chi connectivity index (χ2v) is 3.09. The average molecular weight is 224 g/mol. The number of halogens is 1. The van der Waals surface area contributed by atoms with Crippen LogP contribution in [0.25, 0.3) is 0 Å². The minimum absolute atomic E-state index is 0.532. The average Bonchev–Trinajstić information content (AvgIpc) is 2.17. The molecule has 0 unspecified atom stereocenters. The predicted octanol–water partition coefficient (Wildman–Crippen LogP) is 1.78. The normalized spacial score (nSPS) is 11.0. The molecule has 0 atom stereocenters. The van der Waals surface area contributed by atoms with Crippen LogP contribution in [0.1, 0.15) is 0 Å². The number of rotatable bonds is 4. The monoisotopic (exact) mass is 223 g/mol. The summed E-state index contributed by atoms with van der Waals surface area (Å²) in [5.74, 6) is -0.532. The van der Waals surface area contributed by atoms with Gasteiger partial charge in [0.15, 0.2) is 0 Å². The van der Waals surface area contributed by atoms with Gasteiger partial charge in [-0.25, -0.2) is 4.99 Å². The van der Waals surface area contributed by atoms with E-state index in [1.54, 1.807) is 12.1 Å². The minimum atomic E-state index is -0.532. The van der Waals surface area contributed by atoms with Gasteiger partial charge in [-0.3, -0.25) is 4.79 Å². The lowest BCUT2D eigenvalue weighted by Crippen LogP contribution is -2.05. The molecule has 4 nitrogen and oxygen atoms in total. The summed E-state index contributed by atoms with van der Waals surface area (Å²) < 4.78 is 0. The van der Waals surface area contributed by atoms with E-state index in [-0.39, 0.29) is 0 Å². The Bertz CT molecular complexity index is 401. The number of carbonyl (C=O) groups is 1. The van der Waals surface area contributed by atoms with Gasteiger partial charge in [-0.15, -0.1) is 0 Å². The molecule has 1 amide bonds. The van der Waals surface area contributed by atoms with Crippen molar-refractivity contribution in [3.05, 3.63) is 41.6 Å². The Balaban J connectivity index is 2.47.